The predicted octanol–water partition coefficient (Wildman–Crippen LogP) is 2.56. The van der Waals surface area contributed by atoms with Crippen molar-refractivity contribution < 1.29 is 24.2 Å². The number of halogens is 1. The number of anilines is 1. The zero-order valence-electron chi connectivity index (χ0n) is 17.7. The number of carbonyl (C=O) groups excluding carboxylic acids is 3. The van der Waals surface area contributed by atoms with Crippen LogP contribution >= 0.6 is 23.4 Å². The summed E-state index contributed by atoms with van der Waals surface area (Å²) in [6.45, 7) is 5.48. The Morgan fingerprint density at radius 1 is 1.39 bits per heavy atom. The van der Waals surface area contributed by atoms with E-state index < -0.39 is 28.7 Å². The van der Waals surface area contributed by atoms with Crippen LogP contribution in [0.25, 0.3) is 0 Å². The van der Waals surface area contributed by atoms with Gasteiger partial charge in [0.25, 0.3) is 0 Å². The monoisotopic (exact) mass is 466 g/mol. The maximum Gasteiger partial charge on any atom is 0.310 e. The van der Waals surface area contributed by atoms with Gasteiger partial charge in [-0.3, -0.25) is 14.4 Å². The minimum atomic E-state index is -0.799. The van der Waals surface area contributed by atoms with Crippen molar-refractivity contribution in [2.75, 3.05) is 18.5 Å². The molecule has 31 heavy (non-hydrogen) atoms. The number of fused-ring (bicyclic) bond motifs is 1. The van der Waals surface area contributed by atoms with E-state index in [1.54, 1.807) is 49.9 Å². The molecule has 0 radical (unpaired) electrons. The fourth-order valence-corrected chi connectivity index (χ4v) is 8.09. The fraction of sp³-hybridized carbons (Fsp3) is 0.591. The summed E-state index contributed by atoms with van der Waals surface area (Å²) in [5, 5.41) is 13.3. The zero-order valence-corrected chi connectivity index (χ0v) is 19.3. The number of rotatable bonds is 6. The molecule has 3 fully saturated rings. The molecule has 3 heterocycles. The molecule has 1 aromatic carbocycles. The Kier molecular flexibility index (Phi) is 6.00. The third-order valence-electron chi connectivity index (χ3n) is 6.84. The third-order valence-corrected chi connectivity index (χ3v) is 9.17. The van der Waals surface area contributed by atoms with Crippen LogP contribution in [-0.4, -0.2) is 63.1 Å². The minimum absolute atomic E-state index is 0.0546. The third kappa shape index (κ3) is 3.34. The first-order valence-corrected chi connectivity index (χ1v) is 11.9. The molecule has 0 aliphatic carbocycles. The molecule has 2 bridgehead atoms. The molecule has 2 amide bonds. The SMILES string of the molecule is CCOC(=O)[C@@H]1[C@H]2C(=O)N([C@H](C)CO)C(C(=O)Nc3ccc(Cl)cc3)C23S[C@@H]1CC3C. The van der Waals surface area contributed by atoms with E-state index >= 15 is 0 Å². The fourth-order valence-electron chi connectivity index (χ4n) is 5.57. The largest absolute Gasteiger partial charge is 0.466 e. The smallest absolute Gasteiger partial charge is 0.310 e. The second-order valence-electron chi connectivity index (χ2n) is 8.58. The summed E-state index contributed by atoms with van der Waals surface area (Å²) in [6.07, 6.45) is 0.740. The summed E-state index contributed by atoms with van der Waals surface area (Å²) in [5.74, 6) is -2.10. The number of thioether (sulfide) groups is 1. The molecule has 9 heteroatoms. The van der Waals surface area contributed by atoms with Crippen molar-refractivity contribution in [1.29, 1.82) is 0 Å². The number of likely N-dealkylation sites (tertiary alicyclic amines) is 1. The lowest BCUT2D eigenvalue weighted by atomic mass is 9.66. The molecule has 3 saturated heterocycles. The number of nitrogens with zero attached hydrogens (tertiary/aromatic N) is 1. The van der Waals surface area contributed by atoms with Gasteiger partial charge in [-0.2, -0.15) is 0 Å². The number of aliphatic hydroxyl groups excluding tert-OH is 1. The lowest BCUT2D eigenvalue weighted by Gasteiger charge is -2.39. The molecule has 0 aromatic heterocycles. The van der Waals surface area contributed by atoms with E-state index in [-0.39, 0.29) is 42.2 Å². The van der Waals surface area contributed by atoms with Gasteiger partial charge in [0, 0.05) is 16.0 Å². The van der Waals surface area contributed by atoms with Crippen LogP contribution in [0.3, 0.4) is 0 Å². The van der Waals surface area contributed by atoms with Crippen LogP contribution in [0.4, 0.5) is 5.69 Å². The molecule has 0 saturated carbocycles. The number of amides is 2. The van der Waals surface area contributed by atoms with Gasteiger partial charge < -0.3 is 20.1 Å². The number of benzene rings is 1. The van der Waals surface area contributed by atoms with E-state index in [4.69, 9.17) is 16.3 Å². The maximum absolute atomic E-state index is 13.6. The highest BCUT2D eigenvalue weighted by Gasteiger charge is 2.76. The maximum atomic E-state index is 13.6. The number of hydrogen-bond donors (Lipinski definition) is 2. The van der Waals surface area contributed by atoms with E-state index in [0.717, 1.165) is 6.42 Å². The molecule has 3 unspecified atom stereocenters. The lowest BCUT2D eigenvalue weighted by Crippen LogP contribution is -2.56. The standard InChI is InChI=1S/C22H27ClN2O5S/c1-4-30-21(29)16-15-9-11(2)22(31-15)17(16)20(28)25(12(3)10-26)18(22)19(27)24-14-7-5-13(23)6-8-14/h5-8,11-12,15-18,26H,4,9-10H2,1-3H3,(H,24,27)/t11?,12-,15-,16+,17+,18?,22?/m1/s1. The van der Waals surface area contributed by atoms with Crippen LogP contribution in [-0.2, 0) is 19.1 Å². The number of hydrogen-bond acceptors (Lipinski definition) is 6. The summed E-state index contributed by atoms with van der Waals surface area (Å²) < 4.78 is 4.57. The van der Waals surface area contributed by atoms with Gasteiger partial charge in [-0.05, 0) is 50.5 Å². The quantitative estimate of drug-likeness (QED) is 0.625. The van der Waals surface area contributed by atoms with Gasteiger partial charge in [0.05, 0.1) is 35.8 Å². The summed E-state index contributed by atoms with van der Waals surface area (Å²) in [5.41, 5.74) is 0.574. The highest BCUT2D eigenvalue weighted by atomic mass is 35.5. The Labute approximate surface area is 190 Å². The lowest BCUT2D eigenvalue weighted by molar-refractivity contribution is -0.154. The number of carbonyl (C=O) groups is 3. The molecule has 2 N–H and O–H groups in total. The Hall–Kier alpha value is -1.77. The van der Waals surface area contributed by atoms with Crippen LogP contribution in [0.15, 0.2) is 24.3 Å². The first-order chi connectivity index (χ1) is 14.8. The number of nitrogens with one attached hydrogen (secondary N) is 1. The van der Waals surface area contributed by atoms with Gasteiger partial charge in [0.2, 0.25) is 11.8 Å². The predicted molar refractivity (Wildman–Crippen MR) is 119 cm³/mol. The van der Waals surface area contributed by atoms with Crippen LogP contribution in [0.2, 0.25) is 5.02 Å². The van der Waals surface area contributed by atoms with Gasteiger partial charge in [0.15, 0.2) is 0 Å². The van der Waals surface area contributed by atoms with Crippen molar-refractivity contribution in [1.82, 2.24) is 4.90 Å². The molecule has 4 rings (SSSR count). The van der Waals surface area contributed by atoms with Crippen molar-refractivity contribution in [2.24, 2.45) is 17.8 Å². The highest BCUT2D eigenvalue weighted by molar-refractivity contribution is 8.02. The number of aliphatic hydroxyl groups is 1. The first kappa shape index (κ1) is 22.4. The topological polar surface area (TPSA) is 95.9 Å². The van der Waals surface area contributed by atoms with E-state index in [9.17, 15) is 19.5 Å². The van der Waals surface area contributed by atoms with Gasteiger partial charge in [-0.25, -0.2) is 0 Å². The summed E-state index contributed by atoms with van der Waals surface area (Å²) in [6, 6.07) is 5.42. The van der Waals surface area contributed by atoms with Crippen LogP contribution in [0.5, 0.6) is 0 Å². The van der Waals surface area contributed by atoms with Crippen molar-refractivity contribution in [3.05, 3.63) is 29.3 Å². The molecule has 1 aromatic rings. The second-order valence-corrected chi connectivity index (χ2v) is 10.6. The van der Waals surface area contributed by atoms with Crippen LogP contribution < -0.4 is 5.32 Å². The average Bonchev–Trinajstić information content (AvgIpc) is 3.33. The summed E-state index contributed by atoms with van der Waals surface area (Å²) >= 11 is 7.53. The molecular formula is C22H27ClN2O5S. The minimum Gasteiger partial charge on any atom is -0.466 e. The molecule has 7 atom stereocenters. The van der Waals surface area contributed by atoms with Crippen LogP contribution in [0, 0.1) is 17.8 Å². The molecule has 1 spiro atoms. The molecule has 3 aliphatic heterocycles. The van der Waals surface area contributed by atoms with Gasteiger partial charge >= 0.3 is 5.97 Å². The van der Waals surface area contributed by atoms with E-state index in [0.29, 0.717) is 10.7 Å². The second kappa shape index (κ2) is 8.30. The average molecular weight is 467 g/mol. The number of esters is 1. The Morgan fingerprint density at radius 2 is 2.06 bits per heavy atom. The van der Waals surface area contributed by atoms with Crippen molar-refractivity contribution in [2.45, 2.75) is 49.3 Å². The molecule has 3 aliphatic rings. The van der Waals surface area contributed by atoms with Crippen molar-refractivity contribution >= 4 is 46.8 Å². The van der Waals surface area contributed by atoms with Gasteiger partial charge in [-0.1, -0.05) is 18.5 Å². The van der Waals surface area contributed by atoms with Crippen molar-refractivity contribution in [3.8, 4) is 0 Å². The highest BCUT2D eigenvalue weighted by Crippen LogP contribution is 2.68. The molecule has 7 nitrogen and oxygen atoms in total. The Balaban J connectivity index is 1.75. The Bertz CT molecular complexity index is 896. The summed E-state index contributed by atoms with van der Waals surface area (Å²) in [7, 11) is 0. The molecular weight excluding hydrogens is 440 g/mol. The van der Waals surface area contributed by atoms with Gasteiger partial charge in [0.1, 0.15) is 6.04 Å². The van der Waals surface area contributed by atoms with Crippen LogP contribution in [0.1, 0.15) is 27.2 Å². The van der Waals surface area contributed by atoms with Gasteiger partial charge in [-0.15, -0.1) is 11.8 Å². The first-order valence-electron chi connectivity index (χ1n) is 10.6. The summed E-state index contributed by atoms with van der Waals surface area (Å²) in [4.78, 5) is 41.5. The normalized spacial score (nSPS) is 34.5. The van der Waals surface area contributed by atoms with E-state index in [2.05, 4.69) is 5.32 Å². The molecule has 168 valence electrons. The number of ether oxygens (including phenoxy) is 1. The van der Waals surface area contributed by atoms with E-state index in [1.165, 1.54) is 4.90 Å². The zero-order chi connectivity index (χ0) is 22.5. The van der Waals surface area contributed by atoms with Crippen molar-refractivity contribution in [3.63, 3.8) is 0 Å². The van der Waals surface area contributed by atoms with E-state index in [1.807, 2.05) is 6.92 Å². The Morgan fingerprint density at radius 3 is 2.68 bits per heavy atom.